The molecule has 0 saturated heterocycles. The first-order valence-corrected chi connectivity index (χ1v) is 8.90. The van der Waals surface area contributed by atoms with Crippen LogP contribution in [-0.2, 0) is 24.1 Å². The van der Waals surface area contributed by atoms with Gasteiger partial charge in [0.1, 0.15) is 5.75 Å². The zero-order valence-corrected chi connectivity index (χ0v) is 14.4. The Morgan fingerprint density at radius 2 is 1.96 bits per heavy atom. The zero-order chi connectivity index (χ0) is 16.9. The van der Waals surface area contributed by atoms with E-state index in [4.69, 9.17) is 4.74 Å². The lowest BCUT2D eigenvalue weighted by molar-refractivity contribution is -0.121. The van der Waals surface area contributed by atoms with Crippen molar-refractivity contribution in [3.63, 3.8) is 0 Å². The number of amides is 2. The minimum absolute atomic E-state index is 0.202. The molecule has 0 saturated carbocycles. The number of aryl methyl sites for hydroxylation is 2. The van der Waals surface area contributed by atoms with E-state index in [2.05, 4.69) is 10.9 Å². The van der Waals surface area contributed by atoms with Gasteiger partial charge in [-0.3, -0.25) is 20.4 Å². The van der Waals surface area contributed by atoms with Gasteiger partial charge >= 0.3 is 0 Å². The highest BCUT2D eigenvalue weighted by Crippen LogP contribution is 2.30. The molecule has 126 valence electrons. The number of hydrazine groups is 1. The van der Waals surface area contributed by atoms with E-state index in [9.17, 15) is 9.59 Å². The van der Waals surface area contributed by atoms with Crippen LogP contribution in [0.3, 0.4) is 0 Å². The molecule has 6 heteroatoms. The number of carbonyl (C=O) groups excluding carboxylic acids is 2. The molecule has 0 spiro atoms. The standard InChI is InChI=1S/C18H20N2O3S/c1-2-23-14-8-6-12(7-9-14)10-17(21)19-20-18(22)16-11-13-4-3-5-15(13)24-16/h6-9,11H,2-5,10H2,1H3,(H,19,21)(H,20,22). The molecule has 0 radical (unpaired) electrons. The summed E-state index contributed by atoms with van der Waals surface area (Å²) in [4.78, 5) is 26.0. The van der Waals surface area contributed by atoms with Gasteiger partial charge in [-0.1, -0.05) is 12.1 Å². The van der Waals surface area contributed by atoms with Crippen molar-refractivity contribution in [3.8, 4) is 5.75 Å². The second-order valence-corrected chi connectivity index (χ2v) is 6.81. The summed E-state index contributed by atoms with van der Waals surface area (Å²) < 4.78 is 5.36. The molecular formula is C18H20N2O3S. The smallest absolute Gasteiger partial charge is 0.279 e. The summed E-state index contributed by atoms with van der Waals surface area (Å²) in [6.07, 6.45) is 3.47. The number of rotatable bonds is 5. The normalized spacial score (nSPS) is 12.5. The molecule has 3 rings (SSSR count). The third-order valence-electron chi connectivity index (χ3n) is 3.88. The van der Waals surface area contributed by atoms with Gasteiger partial charge in [-0.05, 0) is 55.5 Å². The number of carbonyl (C=O) groups is 2. The van der Waals surface area contributed by atoms with Crippen LogP contribution in [0, 0.1) is 0 Å². The first-order chi connectivity index (χ1) is 11.7. The van der Waals surface area contributed by atoms with Gasteiger partial charge in [-0.15, -0.1) is 11.3 Å². The van der Waals surface area contributed by atoms with Crippen LogP contribution in [0.1, 0.15) is 39.0 Å². The van der Waals surface area contributed by atoms with E-state index in [1.807, 2.05) is 37.3 Å². The van der Waals surface area contributed by atoms with Crippen molar-refractivity contribution in [1.82, 2.24) is 10.9 Å². The van der Waals surface area contributed by atoms with Crippen molar-refractivity contribution in [2.24, 2.45) is 0 Å². The average Bonchev–Trinajstić information content (AvgIpc) is 3.16. The van der Waals surface area contributed by atoms with Gasteiger partial charge in [-0.25, -0.2) is 0 Å². The summed E-state index contributed by atoms with van der Waals surface area (Å²) in [5, 5.41) is 0. The molecule has 0 fully saturated rings. The van der Waals surface area contributed by atoms with E-state index in [0.717, 1.165) is 24.2 Å². The Bertz CT molecular complexity index is 716. The molecule has 2 N–H and O–H groups in total. The molecule has 0 bridgehead atoms. The Hall–Kier alpha value is -2.34. The maximum Gasteiger partial charge on any atom is 0.279 e. The van der Waals surface area contributed by atoms with Gasteiger partial charge in [0.15, 0.2) is 0 Å². The summed E-state index contributed by atoms with van der Waals surface area (Å²) in [5.41, 5.74) is 7.09. The summed E-state index contributed by atoms with van der Waals surface area (Å²) in [6, 6.07) is 9.28. The quantitative estimate of drug-likeness (QED) is 0.820. The number of hydrogen-bond donors (Lipinski definition) is 2. The van der Waals surface area contributed by atoms with Gasteiger partial charge in [0.25, 0.3) is 5.91 Å². The Kier molecular flexibility index (Phi) is 5.15. The molecule has 1 heterocycles. The predicted molar refractivity (Wildman–Crippen MR) is 93.3 cm³/mol. The Morgan fingerprint density at radius 1 is 1.17 bits per heavy atom. The third-order valence-corrected chi connectivity index (χ3v) is 5.12. The zero-order valence-electron chi connectivity index (χ0n) is 13.6. The molecule has 0 atom stereocenters. The first-order valence-electron chi connectivity index (χ1n) is 8.08. The molecule has 2 aromatic rings. The van der Waals surface area contributed by atoms with E-state index in [-0.39, 0.29) is 18.2 Å². The van der Waals surface area contributed by atoms with Crippen molar-refractivity contribution in [2.75, 3.05) is 6.61 Å². The number of thiophene rings is 1. The highest BCUT2D eigenvalue weighted by molar-refractivity contribution is 7.14. The topological polar surface area (TPSA) is 67.4 Å². The molecule has 2 amide bonds. The highest BCUT2D eigenvalue weighted by Gasteiger charge is 2.18. The van der Waals surface area contributed by atoms with Crippen LogP contribution < -0.4 is 15.6 Å². The lowest BCUT2D eigenvalue weighted by Gasteiger charge is -2.07. The predicted octanol–water partition coefficient (Wildman–Crippen LogP) is 2.64. The van der Waals surface area contributed by atoms with Crippen LogP contribution in [0.4, 0.5) is 0 Å². The van der Waals surface area contributed by atoms with Crippen LogP contribution in [0.5, 0.6) is 5.75 Å². The van der Waals surface area contributed by atoms with Crippen LogP contribution in [0.2, 0.25) is 0 Å². The molecular weight excluding hydrogens is 324 g/mol. The highest BCUT2D eigenvalue weighted by atomic mass is 32.1. The SMILES string of the molecule is CCOc1ccc(CC(=O)NNC(=O)c2cc3c(s2)CCC3)cc1. The summed E-state index contributed by atoms with van der Waals surface area (Å²) in [7, 11) is 0. The minimum atomic E-state index is -0.255. The number of fused-ring (bicyclic) bond motifs is 1. The van der Waals surface area contributed by atoms with Crippen molar-refractivity contribution in [1.29, 1.82) is 0 Å². The second kappa shape index (κ2) is 7.49. The largest absolute Gasteiger partial charge is 0.494 e. The second-order valence-electron chi connectivity index (χ2n) is 5.67. The molecule has 0 aliphatic heterocycles. The van der Waals surface area contributed by atoms with Crippen molar-refractivity contribution in [3.05, 3.63) is 51.2 Å². The monoisotopic (exact) mass is 344 g/mol. The summed E-state index contributed by atoms with van der Waals surface area (Å²) in [6.45, 7) is 2.53. The van der Waals surface area contributed by atoms with Crippen LogP contribution in [0.25, 0.3) is 0 Å². The van der Waals surface area contributed by atoms with E-state index in [0.29, 0.717) is 11.5 Å². The molecule has 1 aliphatic carbocycles. The van der Waals surface area contributed by atoms with Gasteiger partial charge < -0.3 is 4.74 Å². The molecule has 0 unspecified atom stereocenters. The Morgan fingerprint density at radius 3 is 2.67 bits per heavy atom. The molecule has 1 aromatic carbocycles. The number of nitrogens with one attached hydrogen (secondary N) is 2. The maximum atomic E-state index is 12.1. The molecule has 1 aromatic heterocycles. The van der Waals surface area contributed by atoms with Crippen LogP contribution in [0.15, 0.2) is 30.3 Å². The van der Waals surface area contributed by atoms with Gasteiger partial charge in [0.05, 0.1) is 17.9 Å². The number of ether oxygens (including phenoxy) is 1. The fraction of sp³-hybridized carbons (Fsp3) is 0.333. The number of benzene rings is 1. The fourth-order valence-electron chi connectivity index (χ4n) is 2.73. The van der Waals surface area contributed by atoms with Crippen molar-refractivity contribution < 1.29 is 14.3 Å². The first kappa shape index (κ1) is 16.5. The van der Waals surface area contributed by atoms with Crippen LogP contribution in [-0.4, -0.2) is 18.4 Å². The number of hydrogen-bond acceptors (Lipinski definition) is 4. The van der Waals surface area contributed by atoms with E-state index in [1.54, 1.807) is 0 Å². The minimum Gasteiger partial charge on any atom is -0.494 e. The Labute approximate surface area is 145 Å². The van der Waals surface area contributed by atoms with Crippen molar-refractivity contribution in [2.45, 2.75) is 32.6 Å². The maximum absolute atomic E-state index is 12.1. The van der Waals surface area contributed by atoms with Crippen LogP contribution >= 0.6 is 11.3 Å². The van der Waals surface area contributed by atoms with Gasteiger partial charge in [0, 0.05) is 4.88 Å². The average molecular weight is 344 g/mol. The lowest BCUT2D eigenvalue weighted by atomic mass is 10.1. The van der Waals surface area contributed by atoms with Crippen molar-refractivity contribution >= 4 is 23.2 Å². The summed E-state index contributed by atoms with van der Waals surface area (Å²) in [5.74, 6) is 0.270. The third kappa shape index (κ3) is 3.94. The van der Waals surface area contributed by atoms with E-state index < -0.39 is 0 Å². The van der Waals surface area contributed by atoms with Gasteiger partial charge in [-0.2, -0.15) is 0 Å². The molecule has 24 heavy (non-hydrogen) atoms. The molecule has 1 aliphatic rings. The molecule has 5 nitrogen and oxygen atoms in total. The lowest BCUT2D eigenvalue weighted by Crippen LogP contribution is -2.42. The summed E-state index contributed by atoms with van der Waals surface area (Å²) >= 11 is 1.51. The van der Waals surface area contributed by atoms with E-state index >= 15 is 0 Å². The fourth-order valence-corrected chi connectivity index (χ4v) is 3.88. The van der Waals surface area contributed by atoms with Gasteiger partial charge in [0.2, 0.25) is 5.91 Å². The Balaban J connectivity index is 1.48. The van der Waals surface area contributed by atoms with E-state index in [1.165, 1.54) is 28.2 Å².